The number of hydrogen-bond acceptors (Lipinski definition) is 1. The van der Waals surface area contributed by atoms with E-state index in [4.69, 9.17) is 0 Å². The molecule has 3 heteroatoms. The minimum atomic E-state index is 0.174. The summed E-state index contributed by atoms with van der Waals surface area (Å²) in [6.45, 7) is 13.8. The van der Waals surface area contributed by atoms with Gasteiger partial charge in [0.1, 0.15) is 0 Å². The summed E-state index contributed by atoms with van der Waals surface area (Å²) < 4.78 is 0. The molecule has 0 saturated heterocycles. The van der Waals surface area contributed by atoms with Crippen LogP contribution >= 0.6 is 15.9 Å². The molecule has 0 aromatic heterocycles. The highest BCUT2D eigenvalue weighted by molar-refractivity contribution is 9.09. The zero-order valence-corrected chi connectivity index (χ0v) is 14.4. The number of halogens is 1. The molecular formula is C15H30BrNO. The van der Waals surface area contributed by atoms with E-state index >= 15 is 0 Å². The van der Waals surface area contributed by atoms with Crippen molar-refractivity contribution in [2.24, 2.45) is 17.3 Å². The first-order valence-electron chi connectivity index (χ1n) is 7.13. The van der Waals surface area contributed by atoms with Crippen molar-refractivity contribution in [2.45, 2.75) is 65.6 Å². The zero-order chi connectivity index (χ0) is 14.3. The molecule has 0 heterocycles. The Morgan fingerprint density at radius 1 is 1.22 bits per heavy atom. The molecule has 1 N–H and O–H groups in total. The van der Waals surface area contributed by atoms with E-state index in [1.807, 2.05) is 0 Å². The SMILES string of the molecule is CCC(CC)C(Br)CNC(=O)CC(C)C(C)(C)C. The molecule has 2 nitrogen and oxygen atoms in total. The Hall–Kier alpha value is -0.0500. The first-order valence-corrected chi connectivity index (χ1v) is 8.04. The second kappa shape index (κ2) is 8.19. The van der Waals surface area contributed by atoms with Gasteiger partial charge < -0.3 is 5.32 Å². The maximum absolute atomic E-state index is 11.9. The summed E-state index contributed by atoms with van der Waals surface area (Å²) in [4.78, 5) is 12.3. The molecule has 1 amide bonds. The Bertz CT molecular complexity index is 243. The third-order valence-corrected chi connectivity index (χ3v) is 5.10. The number of alkyl halides is 1. The van der Waals surface area contributed by atoms with Crippen LogP contribution in [0.4, 0.5) is 0 Å². The average molecular weight is 320 g/mol. The van der Waals surface area contributed by atoms with E-state index in [1.54, 1.807) is 0 Å². The van der Waals surface area contributed by atoms with Gasteiger partial charge in [-0.15, -0.1) is 0 Å². The van der Waals surface area contributed by atoms with Crippen LogP contribution in [-0.4, -0.2) is 17.3 Å². The molecule has 108 valence electrons. The fourth-order valence-electron chi connectivity index (χ4n) is 1.83. The standard InChI is InChI=1S/C15H30BrNO/c1-7-12(8-2)13(16)10-17-14(18)9-11(3)15(4,5)6/h11-13H,7-10H2,1-6H3,(H,17,18). The van der Waals surface area contributed by atoms with Crippen molar-refractivity contribution in [3.8, 4) is 0 Å². The number of rotatable bonds is 7. The number of carbonyl (C=O) groups is 1. The molecule has 0 spiro atoms. The van der Waals surface area contributed by atoms with Crippen molar-refractivity contribution < 1.29 is 4.79 Å². The van der Waals surface area contributed by atoms with Crippen LogP contribution in [0.25, 0.3) is 0 Å². The second-order valence-corrected chi connectivity index (χ2v) is 7.54. The molecule has 0 aliphatic rings. The van der Waals surface area contributed by atoms with Gasteiger partial charge >= 0.3 is 0 Å². The van der Waals surface area contributed by atoms with E-state index in [9.17, 15) is 4.79 Å². The van der Waals surface area contributed by atoms with Crippen LogP contribution in [0.1, 0.15) is 60.8 Å². The van der Waals surface area contributed by atoms with Gasteiger partial charge in [-0.1, -0.05) is 70.3 Å². The number of carbonyl (C=O) groups excluding carboxylic acids is 1. The molecular weight excluding hydrogens is 290 g/mol. The number of hydrogen-bond donors (Lipinski definition) is 1. The average Bonchev–Trinajstić information content (AvgIpc) is 2.26. The molecule has 18 heavy (non-hydrogen) atoms. The predicted molar refractivity (Wildman–Crippen MR) is 83.0 cm³/mol. The summed E-state index contributed by atoms with van der Waals surface area (Å²) in [6.07, 6.45) is 2.92. The second-order valence-electron chi connectivity index (χ2n) is 6.37. The van der Waals surface area contributed by atoms with Crippen LogP contribution in [-0.2, 0) is 4.79 Å². The summed E-state index contributed by atoms with van der Waals surface area (Å²) in [6, 6.07) is 0. The van der Waals surface area contributed by atoms with Crippen molar-refractivity contribution in [1.29, 1.82) is 0 Å². The minimum Gasteiger partial charge on any atom is -0.355 e. The first-order chi connectivity index (χ1) is 8.22. The highest BCUT2D eigenvalue weighted by Gasteiger charge is 2.23. The molecule has 0 fully saturated rings. The minimum absolute atomic E-state index is 0.174. The largest absolute Gasteiger partial charge is 0.355 e. The zero-order valence-electron chi connectivity index (χ0n) is 12.8. The topological polar surface area (TPSA) is 29.1 Å². The Kier molecular flexibility index (Phi) is 8.16. The van der Waals surface area contributed by atoms with E-state index < -0.39 is 0 Å². The summed E-state index contributed by atoms with van der Waals surface area (Å²) in [5, 5.41) is 3.05. The van der Waals surface area contributed by atoms with E-state index in [0.29, 0.717) is 23.1 Å². The molecule has 0 aromatic rings. The van der Waals surface area contributed by atoms with Crippen LogP contribution in [0.15, 0.2) is 0 Å². The van der Waals surface area contributed by atoms with Gasteiger partial charge in [0.05, 0.1) is 0 Å². The molecule has 0 aliphatic carbocycles. The maximum Gasteiger partial charge on any atom is 0.220 e. The maximum atomic E-state index is 11.9. The molecule has 0 aliphatic heterocycles. The van der Waals surface area contributed by atoms with Gasteiger partial charge in [0.25, 0.3) is 0 Å². The van der Waals surface area contributed by atoms with Gasteiger partial charge in [0.2, 0.25) is 5.91 Å². The van der Waals surface area contributed by atoms with Crippen LogP contribution in [0.3, 0.4) is 0 Å². The van der Waals surface area contributed by atoms with E-state index in [1.165, 1.54) is 0 Å². The summed E-state index contributed by atoms with van der Waals surface area (Å²) in [7, 11) is 0. The van der Waals surface area contributed by atoms with Crippen molar-refractivity contribution in [3.05, 3.63) is 0 Å². The highest BCUT2D eigenvalue weighted by atomic mass is 79.9. The van der Waals surface area contributed by atoms with Crippen LogP contribution < -0.4 is 5.32 Å². The number of amides is 1. The fraction of sp³-hybridized carbons (Fsp3) is 0.933. The van der Waals surface area contributed by atoms with Crippen molar-refractivity contribution in [2.75, 3.05) is 6.54 Å². The monoisotopic (exact) mass is 319 g/mol. The van der Waals surface area contributed by atoms with Gasteiger partial charge in [-0.3, -0.25) is 4.79 Å². The lowest BCUT2D eigenvalue weighted by molar-refractivity contribution is -0.122. The third kappa shape index (κ3) is 6.77. The lowest BCUT2D eigenvalue weighted by Gasteiger charge is -2.27. The lowest BCUT2D eigenvalue weighted by atomic mass is 9.80. The smallest absolute Gasteiger partial charge is 0.220 e. The van der Waals surface area contributed by atoms with E-state index in [-0.39, 0.29) is 11.3 Å². The van der Waals surface area contributed by atoms with Crippen molar-refractivity contribution >= 4 is 21.8 Å². The predicted octanol–water partition coefficient (Wildman–Crippen LogP) is 4.37. The highest BCUT2D eigenvalue weighted by Crippen LogP contribution is 2.27. The summed E-state index contributed by atoms with van der Waals surface area (Å²) in [5.41, 5.74) is 0.195. The summed E-state index contributed by atoms with van der Waals surface area (Å²) >= 11 is 3.68. The van der Waals surface area contributed by atoms with Gasteiger partial charge in [-0.05, 0) is 17.3 Å². The molecule has 0 saturated carbocycles. The van der Waals surface area contributed by atoms with Crippen molar-refractivity contribution in [3.63, 3.8) is 0 Å². The first kappa shape index (κ1) is 17.9. The number of nitrogens with one attached hydrogen (secondary N) is 1. The molecule has 2 unspecified atom stereocenters. The fourth-order valence-corrected chi connectivity index (χ4v) is 2.74. The van der Waals surface area contributed by atoms with Gasteiger partial charge in [0.15, 0.2) is 0 Å². The Morgan fingerprint density at radius 2 is 1.72 bits per heavy atom. The van der Waals surface area contributed by atoms with Gasteiger partial charge in [0, 0.05) is 17.8 Å². The van der Waals surface area contributed by atoms with Crippen LogP contribution in [0.5, 0.6) is 0 Å². The van der Waals surface area contributed by atoms with Gasteiger partial charge in [-0.25, -0.2) is 0 Å². The van der Waals surface area contributed by atoms with Crippen LogP contribution in [0, 0.1) is 17.3 Å². The summed E-state index contributed by atoms with van der Waals surface area (Å²) in [5.74, 6) is 1.22. The van der Waals surface area contributed by atoms with Gasteiger partial charge in [-0.2, -0.15) is 0 Å². The normalized spacial score (nSPS) is 15.6. The molecule has 0 rings (SSSR count). The lowest BCUT2D eigenvalue weighted by Crippen LogP contribution is -2.35. The Morgan fingerprint density at radius 3 is 2.11 bits per heavy atom. The van der Waals surface area contributed by atoms with Crippen LogP contribution in [0.2, 0.25) is 0 Å². The Labute approximate surface area is 121 Å². The van der Waals surface area contributed by atoms with Crippen molar-refractivity contribution in [1.82, 2.24) is 5.32 Å². The Balaban J connectivity index is 4.04. The third-order valence-electron chi connectivity index (χ3n) is 4.02. The molecule has 0 aromatic carbocycles. The molecule has 0 bridgehead atoms. The molecule has 0 radical (unpaired) electrons. The molecule has 2 atom stereocenters. The van der Waals surface area contributed by atoms with E-state index in [2.05, 4.69) is 62.8 Å². The quantitative estimate of drug-likeness (QED) is 0.693. The van der Waals surface area contributed by atoms with E-state index in [0.717, 1.165) is 19.4 Å².